The molecule has 29 heavy (non-hydrogen) atoms. The second kappa shape index (κ2) is 8.44. The molecular formula is C20H25N3O5S. The van der Waals surface area contributed by atoms with Gasteiger partial charge in [0.05, 0.1) is 0 Å². The average Bonchev–Trinajstić information content (AvgIpc) is 3.25. The highest BCUT2D eigenvalue weighted by Crippen LogP contribution is 2.48. The van der Waals surface area contributed by atoms with E-state index in [1.165, 1.54) is 18.7 Å². The van der Waals surface area contributed by atoms with Crippen LogP contribution in [-0.2, 0) is 14.4 Å². The first kappa shape index (κ1) is 21.2. The van der Waals surface area contributed by atoms with E-state index in [1.54, 1.807) is 17.0 Å². The summed E-state index contributed by atoms with van der Waals surface area (Å²) in [7, 11) is 0. The van der Waals surface area contributed by atoms with E-state index in [4.69, 9.17) is 5.11 Å². The summed E-state index contributed by atoms with van der Waals surface area (Å²) in [5.74, 6) is -2.03. The summed E-state index contributed by atoms with van der Waals surface area (Å²) in [6.07, 6.45) is 0.621. The molecule has 1 fully saturated rings. The molecule has 0 aliphatic carbocycles. The van der Waals surface area contributed by atoms with Crippen molar-refractivity contribution in [3.8, 4) is 0 Å². The lowest BCUT2D eigenvalue weighted by molar-refractivity contribution is -0.142. The molecule has 0 spiro atoms. The van der Waals surface area contributed by atoms with E-state index in [9.17, 15) is 19.2 Å². The van der Waals surface area contributed by atoms with Crippen molar-refractivity contribution < 1.29 is 24.3 Å². The summed E-state index contributed by atoms with van der Waals surface area (Å²) in [4.78, 5) is 51.1. The number of carbonyl (C=O) groups excluding carboxylic acids is 3. The highest BCUT2D eigenvalue weighted by Gasteiger charge is 2.48. The monoisotopic (exact) mass is 419 g/mol. The third kappa shape index (κ3) is 3.96. The van der Waals surface area contributed by atoms with Crippen LogP contribution in [0.4, 0.5) is 0 Å². The summed E-state index contributed by atoms with van der Waals surface area (Å²) in [6, 6.07) is 4.70. The third-order valence-electron chi connectivity index (χ3n) is 5.52. The van der Waals surface area contributed by atoms with Crippen LogP contribution in [0.15, 0.2) is 24.3 Å². The number of nitrogens with one attached hydrogen (secondary N) is 2. The third-order valence-corrected chi connectivity index (χ3v) is 6.82. The van der Waals surface area contributed by atoms with Gasteiger partial charge in [0.15, 0.2) is 0 Å². The maximum Gasteiger partial charge on any atom is 0.325 e. The van der Waals surface area contributed by atoms with E-state index in [-0.39, 0.29) is 17.2 Å². The Labute approximate surface area is 173 Å². The SMILES string of the molecule is CCC(C)C(NC(=O)C1CSC2c3ccccc3C(=O)N12)C(=O)NC(C)C(=O)O. The maximum absolute atomic E-state index is 13.0. The first-order valence-corrected chi connectivity index (χ1v) is 10.7. The molecule has 2 aliphatic rings. The van der Waals surface area contributed by atoms with Crippen LogP contribution < -0.4 is 10.6 Å². The second-order valence-electron chi connectivity index (χ2n) is 7.44. The fourth-order valence-corrected chi connectivity index (χ4v) is 5.02. The summed E-state index contributed by atoms with van der Waals surface area (Å²) in [5.41, 5.74) is 1.51. The number of benzene rings is 1. The minimum atomic E-state index is -1.15. The van der Waals surface area contributed by atoms with Gasteiger partial charge in [-0.25, -0.2) is 0 Å². The van der Waals surface area contributed by atoms with Gasteiger partial charge in [0, 0.05) is 11.3 Å². The van der Waals surface area contributed by atoms with Gasteiger partial charge in [-0.05, 0) is 24.5 Å². The first-order chi connectivity index (χ1) is 13.8. The lowest BCUT2D eigenvalue weighted by atomic mass is 9.97. The highest BCUT2D eigenvalue weighted by molar-refractivity contribution is 7.99. The molecule has 1 saturated heterocycles. The molecular weight excluding hydrogens is 394 g/mol. The minimum absolute atomic E-state index is 0.181. The van der Waals surface area contributed by atoms with E-state index in [1.807, 2.05) is 26.0 Å². The topological polar surface area (TPSA) is 116 Å². The molecule has 3 amide bonds. The van der Waals surface area contributed by atoms with Crippen molar-refractivity contribution in [2.75, 3.05) is 5.75 Å². The van der Waals surface area contributed by atoms with Gasteiger partial charge in [-0.1, -0.05) is 38.5 Å². The molecule has 0 saturated carbocycles. The number of thioether (sulfide) groups is 1. The van der Waals surface area contributed by atoms with Crippen molar-refractivity contribution in [1.29, 1.82) is 0 Å². The van der Waals surface area contributed by atoms with E-state index in [0.29, 0.717) is 17.7 Å². The molecule has 9 heteroatoms. The van der Waals surface area contributed by atoms with Gasteiger partial charge in [0.2, 0.25) is 11.8 Å². The highest BCUT2D eigenvalue weighted by atomic mass is 32.2. The van der Waals surface area contributed by atoms with E-state index in [2.05, 4.69) is 10.6 Å². The zero-order valence-electron chi connectivity index (χ0n) is 16.5. The Morgan fingerprint density at radius 1 is 1.24 bits per heavy atom. The number of aliphatic carboxylic acids is 1. The van der Waals surface area contributed by atoms with Gasteiger partial charge in [0.1, 0.15) is 23.5 Å². The van der Waals surface area contributed by atoms with E-state index >= 15 is 0 Å². The summed E-state index contributed by atoms with van der Waals surface area (Å²) in [6.45, 7) is 5.08. The molecule has 0 aromatic heterocycles. The summed E-state index contributed by atoms with van der Waals surface area (Å²) in [5, 5.41) is 14.0. The van der Waals surface area contributed by atoms with Crippen LogP contribution in [0.5, 0.6) is 0 Å². The Morgan fingerprint density at radius 2 is 1.93 bits per heavy atom. The van der Waals surface area contributed by atoms with Crippen LogP contribution in [0.3, 0.4) is 0 Å². The normalized spacial score (nSPS) is 23.0. The Balaban J connectivity index is 1.75. The van der Waals surface area contributed by atoms with Crippen LogP contribution >= 0.6 is 11.8 Å². The fourth-order valence-electron chi connectivity index (χ4n) is 3.56. The number of amides is 3. The standard InChI is InChI=1S/C20H25N3O5S/c1-4-10(2)15(17(25)21-11(3)20(27)28)22-16(24)14-9-29-19-13-8-6-5-7-12(13)18(26)23(14)19/h5-8,10-11,14-15,19H,4,9H2,1-3H3,(H,21,25)(H,22,24)(H,27,28). The first-order valence-electron chi connectivity index (χ1n) is 9.63. The molecule has 1 aromatic carbocycles. The van der Waals surface area contributed by atoms with Gasteiger partial charge >= 0.3 is 5.97 Å². The Hall–Kier alpha value is -2.55. The zero-order valence-corrected chi connectivity index (χ0v) is 17.4. The molecule has 2 heterocycles. The predicted octanol–water partition coefficient (Wildman–Crippen LogP) is 1.38. The molecule has 0 radical (unpaired) electrons. The lowest BCUT2D eigenvalue weighted by Gasteiger charge is -2.28. The van der Waals surface area contributed by atoms with Gasteiger partial charge in [0.25, 0.3) is 5.91 Å². The summed E-state index contributed by atoms with van der Waals surface area (Å²) < 4.78 is 0. The predicted molar refractivity (Wildman–Crippen MR) is 108 cm³/mol. The lowest BCUT2D eigenvalue weighted by Crippen LogP contribution is -2.57. The minimum Gasteiger partial charge on any atom is -0.480 e. The second-order valence-corrected chi connectivity index (χ2v) is 8.55. The number of rotatable bonds is 7. The van der Waals surface area contributed by atoms with Crippen molar-refractivity contribution in [1.82, 2.24) is 15.5 Å². The van der Waals surface area contributed by atoms with Crippen molar-refractivity contribution in [3.63, 3.8) is 0 Å². The van der Waals surface area contributed by atoms with Gasteiger partial charge in [-0.15, -0.1) is 11.8 Å². The molecule has 2 aliphatic heterocycles. The van der Waals surface area contributed by atoms with Gasteiger partial charge in [-0.3, -0.25) is 19.2 Å². The quantitative estimate of drug-likeness (QED) is 0.615. The molecule has 5 atom stereocenters. The number of fused-ring (bicyclic) bond motifs is 3. The molecule has 5 unspecified atom stereocenters. The number of carboxylic acid groups (broad SMARTS) is 1. The van der Waals surface area contributed by atoms with Crippen molar-refractivity contribution >= 4 is 35.5 Å². The van der Waals surface area contributed by atoms with Crippen LogP contribution in [0.25, 0.3) is 0 Å². The summed E-state index contributed by atoms with van der Waals surface area (Å²) >= 11 is 1.53. The Morgan fingerprint density at radius 3 is 2.59 bits per heavy atom. The largest absolute Gasteiger partial charge is 0.480 e. The fraction of sp³-hybridized carbons (Fsp3) is 0.500. The van der Waals surface area contributed by atoms with Crippen molar-refractivity contribution in [2.24, 2.45) is 5.92 Å². The Bertz CT molecular complexity index is 845. The number of hydrogen-bond acceptors (Lipinski definition) is 5. The number of hydrogen-bond donors (Lipinski definition) is 3. The van der Waals surface area contributed by atoms with Crippen molar-refractivity contribution in [3.05, 3.63) is 35.4 Å². The van der Waals surface area contributed by atoms with Crippen molar-refractivity contribution in [2.45, 2.75) is 50.7 Å². The molecule has 1 aromatic rings. The number of nitrogens with zero attached hydrogens (tertiary/aromatic N) is 1. The molecule has 3 N–H and O–H groups in total. The maximum atomic E-state index is 13.0. The van der Waals surface area contributed by atoms with E-state index < -0.39 is 35.9 Å². The molecule has 8 nitrogen and oxygen atoms in total. The van der Waals surface area contributed by atoms with E-state index in [0.717, 1.165) is 5.56 Å². The van der Waals surface area contributed by atoms with Crippen LogP contribution in [0, 0.1) is 5.92 Å². The molecule has 156 valence electrons. The van der Waals surface area contributed by atoms with Gasteiger partial charge < -0.3 is 20.6 Å². The molecule has 0 bridgehead atoms. The van der Waals surface area contributed by atoms with Gasteiger partial charge in [-0.2, -0.15) is 0 Å². The molecule has 3 rings (SSSR count). The van der Waals surface area contributed by atoms with Crippen LogP contribution in [-0.4, -0.2) is 57.6 Å². The van der Waals surface area contributed by atoms with Crippen LogP contribution in [0.1, 0.15) is 48.5 Å². The number of carbonyl (C=O) groups is 4. The van der Waals surface area contributed by atoms with Crippen LogP contribution in [0.2, 0.25) is 0 Å². The number of carboxylic acids is 1. The average molecular weight is 420 g/mol. The zero-order chi connectivity index (χ0) is 21.3. The Kier molecular flexibility index (Phi) is 6.16. The smallest absolute Gasteiger partial charge is 0.325 e.